The first-order chi connectivity index (χ1) is 25.8. The average Bonchev–Trinajstić information content (AvgIpc) is 3.22. The van der Waals surface area contributed by atoms with Crippen LogP contribution in [-0.4, -0.2) is 4.98 Å². The molecular weight excluding hydrogens is 627 g/mol. The van der Waals surface area contributed by atoms with Gasteiger partial charge in [-0.1, -0.05) is 176 Å². The smallest absolute Gasteiger partial charge is 0.0788 e. The Bertz CT molecular complexity index is 2940. The predicted octanol–water partition coefficient (Wildman–Crippen LogP) is 14.0. The van der Waals surface area contributed by atoms with E-state index in [9.17, 15) is 0 Å². The molecule has 0 N–H and O–H groups in total. The number of hydrogen-bond donors (Lipinski definition) is 0. The van der Waals surface area contributed by atoms with E-state index in [1.807, 2.05) is 0 Å². The van der Waals surface area contributed by atoms with Gasteiger partial charge in [-0.15, -0.1) is 0 Å². The highest BCUT2D eigenvalue weighted by atomic mass is 14.7. The molecule has 0 aliphatic carbocycles. The highest BCUT2D eigenvalue weighted by Crippen LogP contribution is 2.45. The van der Waals surface area contributed by atoms with Gasteiger partial charge in [0.05, 0.1) is 11.4 Å². The number of aromatic nitrogens is 1. The van der Waals surface area contributed by atoms with Gasteiger partial charge in [0.15, 0.2) is 0 Å². The molecule has 9 aromatic carbocycles. The van der Waals surface area contributed by atoms with Crippen LogP contribution in [0.15, 0.2) is 200 Å². The lowest BCUT2D eigenvalue weighted by Crippen LogP contribution is -1.95. The van der Waals surface area contributed by atoms with Crippen LogP contribution >= 0.6 is 0 Å². The van der Waals surface area contributed by atoms with Crippen molar-refractivity contribution in [2.45, 2.75) is 0 Å². The molecule has 242 valence electrons. The van der Waals surface area contributed by atoms with Crippen molar-refractivity contribution in [3.05, 3.63) is 200 Å². The molecule has 1 heterocycles. The maximum Gasteiger partial charge on any atom is 0.0788 e. The lowest BCUT2D eigenvalue weighted by Gasteiger charge is -2.19. The first-order valence-corrected chi connectivity index (χ1v) is 17.9. The minimum Gasteiger partial charge on any atom is -0.247 e. The van der Waals surface area contributed by atoms with Gasteiger partial charge in [0.25, 0.3) is 0 Å². The Balaban J connectivity index is 1.25. The third kappa shape index (κ3) is 5.14. The SMILES string of the molecule is c1ccc(-c2c3ccccc3c(-c3ccccc3)c3cc(-c4ccc(-c5ccc6ccccc6c5)nc4-c4ccc5ccccc5c4)ccc23)cc1. The summed E-state index contributed by atoms with van der Waals surface area (Å²) in [6, 6.07) is 72.4. The zero-order chi connectivity index (χ0) is 34.4. The van der Waals surface area contributed by atoms with Gasteiger partial charge in [0.1, 0.15) is 0 Å². The molecule has 0 saturated carbocycles. The molecular formula is C51H33N. The standard InChI is InChI=1S/C51H33N/c1-3-15-36(16-4-1)49-44-21-11-12-22-45(44)50(37-17-5-2-6-18-37)47-33-40(27-28-46(47)49)43-29-30-48(41-25-23-34-13-7-9-19-38(34)31-41)52-51(43)42-26-24-35-14-8-10-20-39(35)32-42/h1-33H. The van der Waals surface area contributed by atoms with Crippen LogP contribution in [0.1, 0.15) is 0 Å². The highest BCUT2D eigenvalue weighted by Gasteiger charge is 2.19. The van der Waals surface area contributed by atoms with E-state index in [0.717, 1.165) is 33.6 Å². The number of rotatable bonds is 5. The third-order valence-corrected chi connectivity index (χ3v) is 10.4. The van der Waals surface area contributed by atoms with E-state index in [0.29, 0.717) is 0 Å². The molecule has 0 amide bonds. The Morgan fingerprint density at radius 3 is 1.38 bits per heavy atom. The molecule has 0 bridgehead atoms. The normalized spacial score (nSPS) is 11.5. The van der Waals surface area contributed by atoms with Crippen molar-refractivity contribution in [3.8, 4) is 55.9 Å². The second kappa shape index (κ2) is 12.5. The summed E-state index contributed by atoms with van der Waals surface area (Å²) in [5.74, 6) is 0. The minimum absolute atomic E-state index is 0.959. The van der Waals surface area contributed by atoms with Gasteiger partial charge >= 0.3 is 0 Å². The van der Waals surface area contributed by atoms with Crippen LogP contribution < -0.4 is 0 Å². The number of nitrogens with zero attached hydrogens (tertiary/aromatic N) is 1. The van der Waals surface area contributed by atoms with Gasteiger partial charge in [-0.25, -0.2) is 4.98 Å². The summed E-state index contributed by atoms with van der Waals surface area (Å²) in [5, 5.41) is 9.82. The summed E-state index contributed by atoms with van der Waals surface area (Å²) < 4.78 is 0. The van der Waals surface area contributed by atoms with Crippen LogP contribution in [0, 0.1) is 0 Å². The number of hydrogen-bond acceptors (Lipinski definition) is 1. The molecule has 10 aromatic rings. The van der Waals surface area contributed by atoms with Crippen molar-refractivity contribution in [1.82, 2.24) is 4.98 Å². The molecule has 1 aromatic heterocycles. The minimum atomic E-state index is 0.959. The number of pyridine rings is 1. The van der Waals surface area contributed by atoms with Crippen LogP contribution in [0.3, 0.4) is 0 Å². The second-order valence-corrected chi connectivity index (χ2v) is 13.5. The van der Waals surface area contributed by atoms with Gasteiger partial charge in [0, 0.05) is 16.7 Å². The van der Waals surface area contributed by atoms with Crippen LogP contribution in [0.2, 0.25) is 0 Å². The largest absolute Gasteiger partial charge is 0.247 e. The lowest BCUT2D eigenvalue weighted by atomic mass is 9.84. The Labute approximate surface area is 303 Å². The van der Waals surface area contributed by atoms with E-state index in [1.54, 1.807) is 0 Å². The molecule has 1 heteroatoms. The summed E-state index contributed by atoms with van der Waals surface area (Å²) in [6.07, 6.45) is 0. The molecule has 0 radical (unpaired) electrons. The van der Waals surface area contributed by atoms with E-state index in [1.165, 1.54) is 65.3 Å². The van der Waals surface area contributed by atoms with Crippen LogP contribution in [0.4, 0.5) is 0 Å². The van der Waals surface area contributed by atoms with E-state index in [-0.39, 0.29) is 0 Å². The third-order valence-electron chi connectivity index (χ3n) is 10.4. The summed E-state index contributed by atoms with van der Waals surface area (Å²) >= 11 is 0. The topological polar surface area (TPSA) is 12.9 Å². The van der Waals surface area contributed by atoms with Crippen molar-refractivity contribution in [3.63, 3.8) is 0 Å². The molecule has 0 fully saturated rings. The Morgan fingerprint density at radius 1 is 0.269 bits per heavy atom. The maximum atomic E-state index is 5.48. The fourth-order valence-corrected chi connectivity index (χ4v) is 7.94. The highest BCUT2D eigenvalue weighted by molar-refractivity contribution is 6.22. The van der Waals surface area contributed by atoms with Crippen LogP contribution in [-0.2, 0) is 0 Å². The van der Waals surface area contributed by atoms with Gasteiger partial charge in [-0.2, -0.15) is 0 Å². The second-order valence-electron chi connectivity index (χ2n) is 13.5. The molecule has 0 aliphatic heterocycles. The van der Waals surface area contributed by atoms with Crippen LogP contribution in [0.5, 0.6) is 0 Å². The Morgan fingerprint density at radius 2 is 0.750 bits per heavy atom. The first kappa shape index (κ1) is 30.0. The van der Waals surface area contributed by atoms with Crippen LogP contribution in [0.25, 0.3) is 99.0 Å². The quantitative estimate of drug-likeness (QED) is 0.168. The van der Waals surface area contributed by atoms with E-state index < -0.39 is 0 Å². The van der Waals surface area contributed by atoms with E-state index in [2.05, 4.69) is 200 Å². The summed E-state index contributed by atoms with van der Waals surface area (Å²) in [4.78, 5) is 5.48. The fraction of sp³-hybridized carbons (Fsp3) is 0. The molecule has 0 unspecified atom stereocenters. The van der Waals surface area contributed by atoms with Gasteiger partial charge in [-0.05, 0) is 95.2 Å². The predicted molar refractivity (Wildman–Crippen MR) is 221 cm³/mol. The summed E-state index contributed by atoms with van der Waals surface area (Å²) in [5.41, 5.74) is 11.3. The molecule has 1 nitrogen and oxygen atoms in total. The number of fused-ring (bicyclic) bond motifs is 4. The zero-order valence-electron chi connectivity index (χ0n) is 28.5. The molecule has 0 saturated heterocycles. The van der Waals surface area contributed by atoms with E-state index in [4.69, 9.17) is 4.98 Å². The Kier molecular flexibility index (Phi) is 7.22. The van der Waals surface area contributed by atoms with E-state index >= 15 is 0 Å². The van der Waals surface area contributed by atoms with Crippen molar-refractivity contribution in [1.29, 1.82) is 0 Å². The van der Waals surface area contributed by atoms with Crippen molar-refractivity contribution < 1.29 is 0 Å². The molecule has 0 spiro atoms. The molecule has 52 heavy (non-hydrogen) atoms. The molecule has 0 atom stereocenters. The lowest BCUT2D eigenvalue weighted by molar-refractivity contribution is 1.33. The average molecular weight is 660 g/mol. The summed E-state index contributed by atoms with van der Waals surface area (Å²) in [7, 11) is 0. The van der Waals surface area contributed by atoms with Gasteiger partial charge in [-0.3, -0.25) is 0 Å². The molecule has 0 aliphatic rings. The van der Waals surface area contributed by atoms with Gasteiger partial charge < -0.3 is 0 Å². The van der Waals surface area contributed by atoms with Crippen molar-refractivity contribution in [2.24, 2.45) is 0 Å². The Hall–Kier alpha value is -6.83. The van der Waals surface area contributed by atoms with Crippen molar-refractivity contribution >= 4 is 43.1 Å². The zero-order valence-corrected chi connectivity index (χ0v) is 28.5. The fourth-order valence-electron chi connectivity index (χ4n) is 7.94. The monoisotopic (exact) mass is 659 g/mol. The molecule has 10 rings (SSSR count). The number of benzene rings is 9. The summed E-state index contributed by atoms with van der Waals surface area (Å²) in [6.45, 7) is 0. The van der Waals surface area contributed by atoms with Crippen molar-refractivity contribution in [2.75, 3.05) is 0 Å². The maximum absolute atomic E-state index is 5.48. The van der Waals surface area contributed by atoms with Gasteiger partial charge in [0.2, 0.25) is 0 Å². The first-order valence-electron chi connectivity index (χ1n) is 17.9.